The van der Waals surface area contributed by atoms with Crippen molar-refractivity contribution in [1.82, 2.24) is 0 Å². The maximum Gasteiger partial charge on any atom is 0.228 e. The predicted octanol–water partition coefficient (Wildman–Crippen LogP) is 3.93. The number of benzene rings is 2. The van der Waals surface area contributed by atoms with Gasteiger partial charge in [-0.15, -0.1) is 0 Å². The van der Waals surface area contributed by atoms with Gasteiger partial charge in [-0.3, -0.25) is 14.5 Å². The lowest BCUT2D eigenvalue weighted by atomic mass is 10.1. The van der Waals surface area contributed by atoms with Crippen LogP contribution in [0.2, 0.25) is 5.02 Å². The Morgan fingerprint density at radius 1 is 1.10 bits per heavy atom. The van der Waals surface area contributed by atoms with Gasteiger partial charge in [-0.2, -0.15) is 0 Å². The summed E-state index contributed by atoms with van der Waals surface area (Å²) in [5.74, 6) is -0.329. The van der Waals surface area contributed by atoms with E-state index < -0.39 is 0 Å². The van der Waals surface area contributed by atoms with Crippen LogP contribution in [0.3, 0.4) is 0 Å². The number of rotatable bonds is 1. The highest BCUT2D eigenvalue weighted by Crippen LogP contribution is 2.35. The van der Waals surface area contributed by atoms with E-state index in [1.807, 2.05) is 18.2 Å². The van der Waals surface area contributed by atoms with Crippen molar-refractivity contribution in [3.63, 3.8) is 0 Å². The maximum atomic E-state index is 12.5. The quantitative estimate of drug-likeness (QED) is 0.748. The van der Waals surface area contributed by atoms with E-state index in [4.69, 9.17) is 11.6 Å². The molecule has 0 spiro atoms. The van der Waals surface area contributed by atoms with Crippen molar-refractivity contribution < 1.29 is 9.59 Å². The third kappa shape index (κ3) is 2.36. The van der Waals surface area contributed by atoms with Crippen molar-refractivity contribution in [3.8, 4) is 0 Å². The first-order valence-electron chi connectivity index (χ1n) is 6.49. The molecule has 0 atom stereocenters. The zero-order valence-corrected chi connectivity index (χ0v) is 12.1. The van der Waals surface area contributed by atoms with Gasteiger partial charge in [0, 0.05) is 17.5 Å². The highest BCUT2D eigenvalue weighted by Gasteiger charge is 2.34. The number of hydrogen-bond acceptors (Lipinski definition) is 2. The molecule has 0 radical (unpaired) electrons. The molecule has 0 saturated carbocycles. The minimum Gasteiger partial charge on any atom is -0.287 e. The number of hydrogen-bond donors (Lipinski definition) is 0. The van der Waals surface area contributed by atoms with Gasteiger partial charge in [0.15, 0.2) is 0 Å². The number of carbonyl (C=O) groups excluding carboxylic acids is 2. The summed E-state index contributed by atoms with van der Waals surface area (Å²) in [4.78, 5) is 25.9. The second-order valence-corrected chi connectivity index (χ2v) is 5.22. The molecular weight excluding hydrogens is 286 g/mol. The molecule has 3 rings (SSSR count). The molecule has 21 heavy (non-hydrogen) atoms. The first-order chi connectivity index (χ1) is 10.1. The Labute approximate surface area is 127 Å². The van der Waals surface area contributed by atoms with Gasteiger partial charge in [0.1, 0.15) is 0 Å². The zero-order valence-electron chi connectivity index (χ0n) is 11.3. The molecule has 4 heteroatoms. The molecule has 1 aliphatic heterocycles. The summed E-state index contributed by atoms with van der Waals surface area (Å²) in [6.07, 6.45) is 1.71. The summed E-state index contributed by atoms with van der Waals surface area (Å²) >= 11 is 5.86. The minimum atomic E-state index is -0.187. The Bertz CT molecular complexity index is 763. The topological polar surface area (TPSA) is 37.4 Å². The van der Waals surface area contributed by atoms with Gasteiger partial charge in [-0.25, -0.2) is 0 Å². The highest BCUT2D eigenvalue weighted by atomic mass is 35.5. The van der Waals surface area contributed by atoms with Crippen molar-refractivity contribution in [3.05, 3.63) is 70.4 Å². The minimum absolute atomic E-state index is 0.143. The second kappa shape index (κ2) is 5.19. The third-order valence-electron chi connectivity index (χ3n) is 3.35. The summed E-state index contributed by atoms with van der Waals surface area (Å²) in [7, 11) is 0. The Morgan fingerprint density at radius 3 is 2.43 bits per heavy atom. The maximum absolute atomic E-state index is 12.5. The van der Waals surface area contributed by atoms with Gasteiger partial charge in [-0.05, 0) is 35.9 Å². The number of ketones is 1. The van der Waals surface area contributed by atoms with Crippen LogP contribution in [0, 0.1) is 0 Å². The number of amides is 1. The fourth-order valence-corrected chi connectivity index (χ4v) is 2.54. The smallest absolute Gasteiger partial charge is 0.228 e. The number of allylic oxidation sites excluding steroid dienone is 1. The average molecular weight is 298 g/mol. The molecule has 0 unspecified atom stereocenters. The Kier molecular flexibility index (Phi) is 3.35. The molecule has 1 heterocycles. The standard InChI is InChI=1S/C17H12ClNO2/c1-11(20)19-15-5-3-2-4-14(15)17(21)16(19)10-12-6-8-13(18)9-7-12/h2-10H,1H3. The summed E-state index contributed by atoms with van der Waals surface area (Å²) in [6, 6.07) is 14.2. The lowest BCUT2D eigenvalue weighted by molar-refractivity contribution is -0.116. The summed E-state index contributed by atoms with van der Waals surface area (Å²) in [6.45, 7) is 1.45. The van der Waals surface area contributed by atoms with Crippen LogP contribution in [0.4, 0.5) is 5.69 Å². The van der Waals surface area contributed by atoms with Gasteiger partial charge in [-0.1, -0.05) is 35.9 Å². The number of fused-ring (bicyclic) bond motifs is 1. The molecule has 0 aliphatic carbocycles. The fourth-order valence-electron chi connectivity index (χ4n) is 2.42. The Hall–Kier alpha value is -2.39. The molecule has 0 fully saturated rings. The summed E-state index contributed by atoms with van der Waals surface area (Å²) in [5, 5.41) is 0.626. The first kappa shape index (κ1) is 13.6. The summed E-state index contributed by atoms with van der Waals surface area (Å²) < 4.78 is 0. The molecule has 2 aromatic carbocycles. The molecule has 0 aromatic heterocycles. The largest absolute Gasteiger partial charge is 0.287 e. The van der Waals surface area contributed by atoms with Crippen LogP contribution in [-0.4, -0.2) is 11.7 Å². The van der Waals surface area contributed by atoms with Crippen LogP contribution in [-0.2, 0) is 4.79 Å². The van der Waals surface area contributed by atoms with Crippen LogP contribution in [0.5, 0.6) is 0 Å². The first-order valence-corrected chi connectivity index (χ1v) is 6.87. The van der Waals surface area contributed by atoms with Gasteiger partial charge in [0.25, 0.3) is 0 Å². The molecule has 2 aromatic rings. The molecule has 104 valence electrons. The van der Waals surface area contributed by atoms with Gasteiger partial charge in [0.2, 0.25) is 11.7 Å². The Balaban J connectivity index is 2.12. The fraction of sp³-hybridized carbons (Fsp3) is 0.0588. The van der Waals surface area contributed by atoms with E-state index in [1.54, 1.807) is 36.4 Å². The van der Waals surface area contributed by atoms with Gasteiger partial charge < -0.3 is 0 Å². The van der Waals surface area contributed by atoms with Crippen molar-refractivity contribution >= 4 is 35.1 Å². The Morgan fingerprint density at radius 2 is 1.76 bits per heavy atom. The van der Waals surface area contributed by atoms with Crippen LogP contribution >= 0.6 is 11.6 Å². The van der Waals surface area contributed by atoms with Crippen molar-refractivity contribution in [2.24, 2.45) is 0 Å². The normalized spacial score (nSPS) is 15.4. The molecule has 0 N–H and O–H groups in total. The number of halogens is 1. The highest BCUT2D eigenvalue weighted by molar-refractivity contribution is 6.30. The molecule has 0 saturated heterocycles. The number of Topliss-reactive ketones (excluding diaryl/α,β-unsaturated/α-hetero) is 1. The van der Waals surface area contributed by atoms with E-state index in [1.165, 1.54) is 11.8 Å². The molecule has 1 aliphatic rings. The predicted molar refractivity (Wildman–Crippen MR) is 83.4 cm³/mol. The molecular formula is C17H12ClNO2. The number of carbonyl (C=O) groups is 2. The lowest BCUT2D eigenvalue weighted by Gasteiger charge is -2.15. The SMILES string of the molecule is CC(=O)N1C(=Cc2ccc(Cl)cc2)C(=O)c2ccccc21. The van der Waals surface area contributed by atoms with E-state index in [0.717, 1.165) is 5.56 Å². The second-order valence-electron chi connectivity index (χ2n) is 4.78. The zero-order chi connectivity index (χ0) is 15.0. The van der Waals surface area contributed by atoms with Crippen molar-refractivity contribution in [2.75, 3.05) is 4.90 Å². The number of nitrogens with zero attached hydrogens (tertiary/aromatic N) is 1. The average Bonchev–Trinajstić information content (AvgIpc) is 2.75. The van der Waals surface area contributed by atoms with Crippen LogP contribution in [0.25, 0.3) is 6.08 Å². The third-order valence-corrected chi connectivity index (χ3v) is 3.60. The molecule has 3 nitrogen and oxygen atoms in total. The van der Waals surface area contributed by atoms with E-state index in [-0.39, 0.29) is 11.7 Å². The van der Waals surface area contributed by atoms with Crippen molar-refractivity contribution in [1.29, 1.82) is 0 Å². The van der Waals surface area contributed by atoms with Crippen molar-refractivity contribution in [2.45, 2.75) is 6.92 Å². The van der Waals surface area contributed by atoms with Gasteiger partial charge >= 0.3 is 0 Å². The van der Waals surface area contributed by atoms with Gasteiger partial charge in [0.05, 0.1) is 11.4 Å². The van der Waals surface area contributed by atoms with E-state index >= 15 is 0 Å². The van der Waals surface area contributed by atoms with Crippen LogP contribution < -0.4 is 4.90 Å². The van der Waals surface area contributed by atoms with E-state index in [0.29, 0.717) is 22.0 Å². The van der Waals surface area contributed by atoms with E-state index in [2.05, 4.69) is 0 Å². The number of para-hydroxylation sites is 1. The molecule has 0 bridgehead atoms. The number of anilines is 1. The lowest BCUT2D eigenvalue weighted by Crippen LogP contribution is -2.25. The van der Waals surface area contributed by atoms with Crippen LogP contribution in [0.1, 0.15) is 22.8 Å². The van der Waals surface area contributed by atoms with E-state index in [9.17, 15) is 9.59 Å². The monoisotopic (exact) mass is 297 g/mol. The molecule has 1 amide bonds. The van der Waals surface area contributed by atoms with Crippen LogP contribution in [0.15, 0.2) is 54.2 Å². The summed E-state index contributed by atoms with van der Waals surface area (Å²) in [5.41, 5.74) is 2.37.